The molecule has 1 amide bonds. The number of likely N-dealkylation sites (N-methyl/N-ethyl adjacent to an activating group) is 1. The number of hydrogen-bond acceptors (Lipinski definition) is 6. The molecule has 1 aromatic carbocycles. The Morgan fingerprint density at radius 3 is 2.92 bits per heavy atom. The zero-order valence-corrected chi connectivity index (χ0v) is 15.7. The molecule has 0 saturated carbocycles. The van der Waals surface area contributed by atoms with E-state index in [4.69, 9.17) is 4.42 Å². The molecule has 1 N–H and O–H groups in total. The summed E-state index contributed by atoms with van der Waals surface area (Å²) < 4.78 is 5.51. The lowest BCUT2D eigenvalue weighted by molar-refractivity contribution is -0.117. The number of oxazole rings is 1. The Morgan fingerprint density at radius 1 is 1.32 bits per heavy atom. The van der Waals surface area contributed by atoms with Crippen LogP contribution in [0.1, 0.15) is 5.69 Å². The molecule has 5 nitrogen and oxygen atoms in total. The van der Waals surface area contributed by atoms with E-state index in [1.807, 2.05) is 60.0 Å². The van der Waals surface area contributed by atoms with Gasteiger partial charge in [-0.25, -0.2) is 4.98 Å². The van der Waals surface area contributed by atoms with Gasteiger partial charge in [-0.1, -0.05) is 18.2 Å². The number of hydrogen-bond donors (Lipinski definition) is 1. The highest BCUT2D eigenvalue weighted by molar-refractivity contribution is 7.98. The lowest BCUT2D eigenvalue weighted by Crippen LogP contribution is -2.30. The average molecular weight is 374 g/mol. The molecule has 2 heterocycles. The maximum atomic E-state index is 12.3. The molecule has 0 aliphatic carbocycles. The van der Waals surface area contributed by atoms with Gasteiger partial charge in [0, 0.05) is 11.4 Å². The summed E-state index contributed by atoms with van der Waals surface area (Å²) in [7, 11) is 1.89. The van der Waals surface area contributed by atoms with Crippen LogP contribution in [0.5, 0.6) is 0 Å². The first kappa shape index (κ1) is 17.7. The minimum Gasteiger partial charge on any atom is -0.444 e. The zero-order valence-electron chi connectivity index (χ0n) is 14.1. The lowest BCUT2D eigenvalue weighted by atomic mass is 10.3. The molecule has 2 aromatic heterocycles. The molecule has 0 aliphatic heterocycles. The van der Waals surface area contributed by atoms with Gasteiger partial charge in [0.2, 0.25) is 11.8 Å². The van der Waals surface area contributed by atoms with Crippen molar-refractivity contribution < 1.29 is 9.21 Å². The Labute approximate surface area is 155 Å². The normalized spacial score (nSPS) is 11.0. The van der Waals surface area contributed by atoms with E-state index < -0.39 is 0 Å². The maximum absolute atomic E-state index is 12.3. The lowest BCUT2D eigenvalue weighted by Gasteiger charge is -2.15. The molecule has 0 unspecified atom stereocenters. The van der Waals surface area contributed by atoms with Crippen LogP contribution in [0.15, 0.2) is 57.4 Å². The average Bonchev–Trinajstić information content (AvgIpc) is 3.26. The summed E-state index contributed by atoms with van der Waals surface area (Å²) >= 11 is 3.20. The first-order valence-electron chi connectivity index (χ1n) is 7.75. The Morgan fingerprint density at radius 2 is 2.16 bits per heavy atom. The fourth-order valence-corrected chi connectivity index (χ4v) is 3.62. The second-order valence-corrected chi connectivity index (χ2v) is 7.34. The van der Waals surface area contributed by atoms with Gasteiger partial charge < -0.3 is 9.73 Å². The second-order valence-electron chi connectivity index (χ2n) is 5.54. The van der Waals surface area contributed by atoms with Crippen LogP contribution in [0, 0.1) is 0 Å². The van der Waals surface area contributed by atoms with Crippen molar-refractivity contribution in [3.63, 3.8) is 0 Å². The van der Waals surface area contributed by atoms with Gasteiger partial charge in [0.05, 0.1) is 22.8 Å². The zero-order chi connectivity index (χ0) is 17.6. The number of para-hydroxylation sites is 1. The molecule has 0 saturated heterocycles. The minimum atomic E-state index is -0.0500. The van der Waals surface area contributed by atoms with Crippen LogP contribution in [-0.2, 0) is 11.3 Å². The number of amides is 1. The maximum Gasteiger partial charge on any atom is 0.238 e. The number of nitrogens with one attached hydrogen (secondary N) is 1. The van der Waals surface area contributed by atoms with Crippen LogP contribution in [-0.4, -0.2) is 35.6 Å². The first-order valence-corrected chi connectivity index (χ1v) is 9.86. The molecular formula is C18H19N3O2S2. The van der Waals surface area contributed by atoms with Crippen molar-refractivity contribution in [2.24, 2.45) is 0 Å². The van der Waals surface area contributed by atoms with E-state index >= 15 is 0 Å². The molecule has 3 aromatic rings. The van der Waals surface area contributed by atoms with E-state index in [0.29, 0.717) is 12.4 Å². The summed E-state index contributed by atoms with van der Waals surface area (Å²) in [5.74, 6) is 0.572. The Kier molecular flexibility index (Phi) is 5.91. The molecule has 130 valence electrons. The molecule has 0 atom stereocenters. The highest BCUT2D eigenvalue weighted by Gasteiger charge is 2.13. The summed E-state index contributed by atoms with van der Waals surface area (Å²) in [4.78, 5) is 20.7. The third-order valence-electron chi connectivity index (χ3n) is 3.51. The highest BCUT2D eigenvalue weighted by Crippen LogP contribution is 2.25. The van der Waals surface area contributed by atoms with Crippen LogP contribution < -0.4 is 5.32 Å². The van der Waals surface area contributed by atoms with E-state index in [0.717, 1.165) is 21.2 Å². The van der Waals surface area contributed by atoms with E-state index in [-0.39, 0.29) is 12.5 Å². The molecule has 7 heteroatoms. The van der Waals surface area contributed by atoms with Gasteiger partial charge in [-0.2, -0.15) is 0 Å². The topological polar surface area (TPSA) is 58.4 Å². The van der Waals surface area contributed by atoms with Crippen LogP contribution in [0.3, 0.4) is 0 Å². The first-order chi connectivity index (χ1) is 12.2. The molecule has 0 spiro atoms. The largest absolute Gasteiger partial charge is 0.444 e. The van der Waals surface area contributed by atoms with Crippen LogP contribution in [0.25, 0.3) is 10.8 Å². The number of carbonyl (C=O) groups excluding carboxylic acids is 1. The van der Waals surface area contributed by atoms with Gasteiger partial charge in [-0.3, -0.25) is 9.69 Å². The molecule has 25 heavy (non-hydrogen) atoms. The number of benzene rings is 1. The number of thiophene rings is 1. The number of carbonyl (C=O) groups is 1. The third kappa shape index (κ3) is 4.72. The van der Waals surface area contributed by atoms with E-state index in [1.165, 1.54) is 0 Å². The van der Waals surface area contributed by atoms with Crippen molar-refractivity contribution >= 4 is 34.7 Å². The highest BCUT2D eigenvalue weighted by atomic mass is 32.2. The number of thioether (sulfide) groups is 1. The summed E-state index contributed by atoms with van der Waals surface area (Å²) in [6.45, 7) is 0.830. The number of aromatic nitrogens is 1. The molecule has 0 aliphatic rings. The summed E-state index contributed by atoms with van der Waals surface area (Å²) in [6.07, 6.45) is 3.64. The number of rotatable bonds is 7. The van der Waals surface area contributed by atoms with Crippen molar-refractivity contribution in [1.29, 1.82) is 0 Å². The molecule has 3 rings (SSSR count). The van der Waals surface area contributed by atoms with E-state index in [2.05, 4.69) is 10.3 Å². The predicted octanol–water partition coefficient (Wildman–Crippen LogP) is 4.20. The molecular weight excluding hydrogens is 354 g/mol. The van der Waals surface area contributed by atoms with Gasteiger partial charge in [0.1, 0.15) is 6.26 Å². The van der Waals surface area contributed by atoms with Gasteiger partial charge >= 0.3 is 0 Å². The van der Waals surface area contributed by atoms with Gasteiger partial charge in [0.25, 0.3) is 0 Å². The second kappa shape index (κ2) is 8.33. The van der Waals surface area contributed by atoms with Crippen LogP contribution in [0.4, 0.5) is 5.69 Å². The van der Waals surface area contributed by atoms with Crippen LogP contribution in [0.2, 0.25) is 0 Å². The van der Waals surface area contributed by atoms with Crippen molar-refractivity contribution in [1.82, 2.24) is 9.88 Å². The standard InChI is InChI=1S/C18H19N3O2S2/c1-21(10-13-12-23-18(19-13)16-8-5-9-25-16)11-17(22)20-14-6-3-4-7-15(14)24-2/h3-9,12H,10-11H2,1-2H3,(H,20,22). The molecule has 0 bridgehead atoms. The van der Waals surface area contributed by atoms with Crippen molar-refractivity contribution in [2.45, 2.75) is 11.4 Å². The van der Waals surface area contributed by atoms with Gasteiger partial charge in [0.15, 0.2) is 0 Å². The fourth-order valence-electron chi connectivity index (χ4n) is 2.41. The van der Waals surface area contributed by atoms with E-state index in [9.17, 15) is 4.79 Å². The number of nitrogens with zero attached hydrogens (tertiary/aromatic N) is 2. The Bertz CT molecular complexity index is 830. The predicted molar refractivity (Wildman–Crippen MR) is 103 cm³/mol. The SMILES string of the molecule is CSc1ccccc1NC(=O)CN(C)Cc1coc(-c2cccs2)n1. The van der Waals surface area contributed by atoms with Crippen molar-refractivity contribution in [2.75, 3.05) is 25.2 Å². The summed E-state index contributed by atoms with van der Waals surface area (Å²) in [5, 5.41) is 4.95. The minimum absolute atomic E-state index is 0.0500. The van der Waals surface area contributed by atoms with Crippen molar-refractivity contribution in [3.05, 3.63) is 53.7 Å². The Balaban J connectivity index is 1.55. The fraction of sp³-hybridized carbons (Fsp3) is 0.222. The van der Waals surface area contributed by atoms with E-state index in [1.54, 1.807) is 29.4 Å². The monoisotopic (exact) mass is 373 g/mol. The smallest absolute Gasteiger partial charge is 0.238 e. The number of anilines is 1. The Hall–Kier alpha value is -2.09. The summed E-state index contributed by atoms with van der Waals surface area (Å²) in [6, 6.07) is 11.7. The van der Waals surface area contributed by atoms with Crippen molar-refractivity contribution in [3.8, 4) is 10.8 Å². The summed E-state index contributed by atoms with van der Waals surface area (Å²) in [5.41, 5.74) is 1.65. The van der Waals surface area contributed by atoms with Crippen LogP contribution >= 0.6 is 23.1 Å². The van der Waals surface area contributed by atoms with Gasteiger partial charge in [-0.15, -0.1) is 23.1 Å². The molecule has 0 fully saturated rings. The quantitative estimate of drug-likeness (QED) is 0.629. The third-order valence-corrected chi connectivity index (χ3v) is 5.16. The van der Waals surface area contributed by atoms with Gasteiger partial charge in [-0.05, 0) is 36.9 Å². The molecule has 0 radical (unpaired) electrons.